The fourth-order valence-electron chi connectivity index (χ4n) is 2.68. The van der Waals surface area contributed by atoms with Crippen molar-refractivity contribution < 1.29 is 0 Å². The standard InChI is InChI=1S/C14H17ClN2S/c15-9-3-5-11-6-4-10-17(11)14-16-12-7-1-2-8-13(12)18-14/h1-2,7-8,11H,3-6,9-10H2. The molecule has 2 aromatic rings. The number of thiazole rings is 1. The third-order valence-electron chi connectivity index (χ3n) is 3.58. The van der Waals surface area contributed by atoms with Crippen LogP contribution in [0.25, 0.3) is 10.2 Å². The molecule has 1 atom stereocenters. The van der Waals surface area contributed by atoms with Crippen LogP contribution in [-0.4, -0.2) is 23.5 Å². The molecule has 2 heterocycles. The first-order valence-corrected chi connectivity index (χ1v) is 7.92. The van der Waals surface area contributed by atoms with Crippen LogP contribution in [0.15, 0.2) is 24.3 Å². The van der Waals surface area contributed by atoms with E-state index in [1.807, 2.05) is 11.3 Å². The second kappa shape index (κ2) is 5.45. The van der Waals surface area contributed by atoms with Gasteiger partial charge in [-0.15, -0.1) is 11.6 Å². The molecule has 0 N–H and O–H groups in total. The Labute approximate surface area is 117 Å². The van der Waals surface area contributed by atoms with E-state index in [-0.39, 0.29) is 0 Å². The normalized spacial score (nSPS) is 19.8. The van der Waals surface area contributed by atoms with E-state index in [1.54, 1.807) is 0 Å². The number of halogens is 1. The van der Waals surface area contributed by atoms with E-state index in [0.29, 0.717) is 6.04 Å². The molecule has 0 amide bonds. The van der Waals surface area contributed by atoms with Crippen molar-refractivity contribution in [1.29, 1.82) is 0 Å². The molecule has 2 nitrogen and oxygen atoms in total. The van der Waals surface area contributed by atoms with Gasteiger partial charge in [-0.1, -0.05) is 23.5 Å². The molecule has 0 spiro atoms. The molecule has 1 aromatic heterocycles. The maximum Gasteiger partial charge on any atom is 0.186 e. The van der Waals surface area contributed by atoms with Gasteiger partial charge in [0, 0.05) is 18.5 Å². The Morgan fingerprint density at radius 3 is 3.11 bits per heavy atom. The number of nitrogens with zero attached hydrogens (tertiary/aromatic N) is 2. The van der Waals surface area contributed by atoms with Crippen LogP contribution in [0.2, 0.25) is 0 Å². The number of fused-ring (bicyclic) bond motifs is 1. The lowest BCUT2D eigenvalue weighted by Crippen LogP contribution is -2.28. The van der Waals surface area contributed by atoms with Crippen LogP contribution >= 0.6 is 22.9 Å². The average molecular weight is 281 g/mol. The van der Waals surface area contributed by atoms with Gasteiger partial charge in [0.25, 0.3) is 0 Å². The van der Waals surface area contributed by atoms with Crippen molar-refractivity contribution in [3.63, 3.8) is 0 Å². The predicted molar refractivity (Wildman–Crippen MR) is 79.9 cm³/mol. The zero-order chi connectivity index (χ0) is 12.4. The van der Waals surface area contributed by atoms with Crippen molar-refractivity contribution in [1.82, 2.24) is 4.98 Å². The number of alkyl halides is 1. The van der Waals surface area contributed by atoms with Crippen LogP contribution in [-0.2, 0) is 0 Å². The molecule has 1 saturated heterocycles. The van der Waals surface area contributed by atoms with Gasteiger partial charge in [0.1, 0.15) is 0 Å². The van der Waals surface area contributed by atoms with Gasteiger partial charge in [0.05, 0.1) is 10.2 Å². The Kier molecular flexibility index (Phi) is 3.71. The van der Waals surface area contributed by atoms with Crippen LogP contribution in [0.1, 0.15) is 25.7 Å². The molecule has 18 heavy (non-hydrogen) atoms. The first kappa shape index (κ1) is 12.2. The molecule has 0 aliphatic carbocycles. The lowest BCUT2D eigenvalue weighted by atomic mass is 10.1. The Morgan fingerprint density at radius 2 is 2.28 bits per heavy atom. The summed E-state index contributed by atoms with van der Waals surface area (Å²) in [4.78, 5) is 7.25. The summed E-state index contributed by atoms with van der Waals surface area (Å²) in [5.74, 6) is 0.768. The summed E-state index contributed by atoms with van der Waals surface area (Å²) >= 11 is 7.62. The van der Waals surface area contributed by atoms with Gasteiger partial charge in [-0.05, 0) is 37.8 Å². The summed E-state index contributed by atoms with van der Waals surface area (Å²) in [7, 11) is 0. The molecule has 4 heteroatoms. The molecule has 1 aliphatic heterocycles. The molecule has 1 unspecified atom stereocenters. The van der Waals surface area contributed by atoms with Crippen LogP contribution in [0.5, 0.6) is 0 Å². The molecular formula is C14H17ClN2S. The first-order chi connectivity index (χ1) is 8.88. The van der Waals surface area contributed by atoms with Gasteiger partial charge in [-0.2, -0.15) is 0 Å². The molecule has 0 bridgehead atoms. The van der Waals surface area contributed by atoms with Crippen molar-refractivity contribution in [2.75, 3.05) is 17.3 Å². The number of para-hydroxylation sites is 1. The minimum absolute atomic E-state index is 0.643. The molecule has 0 radical (unpaired) electrons. The lowest BCUT2D eigenvalue weighted by Gasteiger charge is -2.23. The number of benzene rings is 1. The fourth-order valence-corrected chi connectivity index (χ4v) is 3.90. The van der Waals surface area contributed by atoms with E-state index in [2.05, 4.69) is 29.2 Å². The van der Waals surface area contributed by atoms with E-state index < -0.39 is 0 Å². The second-order valence-corrected chi connectivity index (χ2v) is 6.17. The molecule has 0 saturated carbocycles. The molecule has 1 aromatic carbocycles. The third-order valence-corrected chi connectivity index (χ3v) is 4.92. The topological polar surface area (TPSA) is 16.1 Å². The largest absolute Gasteiger partial charge is 0.345 e. The maximum atomic E-state index is 5.81. The monoisotopic (exact) mass is 280 g/mol. The van der Waals surface area contributed by atoms with Crippen LogP contribution < -0.4 is 4.90 Å². The molecule has 1 aliphatic rings. The summed E-state index contributed by atoms with van der Waals surface area (Å²) in [5.41, 5.74) is 1.13. The predicted octanol–water partition coefficient (Wildman–Crippen LogP) is 4.28. The maximum absolute atomic E-state index is 5.81. The van der Waals surface area contributed by atoms with Gasteiger partial charge in [-0.3, -0.25) is 0 Å². The molecule has 1 fully saturated rings. The number of rotatable bonds is 4. The smallest absolute Gasteiger partial charge is 0.186 e. The van der Waals surface area contributed by atoms with Gasteiger partial charge >= 0.3 is 0 Å². The van der Waals surface area contributed by atoms with Crippen molar-refractivity contribution in [2.24, 2.45) is 0 Å². The summed E-state index contributed by atoms with van der Waals surface area (Å²) < 4.78 is 1.29. The van der Waals surface area contributed by atoms with E-state index in [9.17, 15) is 0 Å². The van der Waals surface area contributed by atoms with Crippen molar-refractivity contribution in [3.8, 4) is 0 Å². The van der Waals surface area contributed by atoms with Crippen molar-refractivity contribution in [3.05, 3.63) is 24.3 Å². The Morgan fingerprint density at radius 1 is 1.39 bits per heavy atom. The zero-order valence-electron chi connectivity index (χ0n) is 10.3. The quantitative estimate of drug-likeness (QED) is 0.777. The highest BCUT2D eigenvalue weighted by atomic mass is 35.5. The second-order valence-electron chi connectivity index (χ2n) is 4.78. The van der Waals surface area contributed by atoms with Gasteiger partial charge in [-0.25, -0.2) is 4.98 Å². The number of hydrogen-bond acceptors (Lipinski definition) is 3. The zero-order valence-corrected chi connectivity index (χ0v) is 11.9. The summed E-state index contributed by atoms with van der Waals surface area (Å²) in [6.07, 6.45) is 4.86. The van der Waals surface area contributed by atoms with E-state index in [4.69, 9.17) is 16.6 Å². The third kappa shape index (κ3) is 2.34. The average Bonchev–Trinajstić information content (AvgIpc) is 3.01. The highest BCUT2D eigenvalue weighted by Crippen LogP contribution is 2.34. The van der Waals surface area contributed by atoms with Gasteiger partial charge in [0.15, 0.2) is 5.13 Å². The molecule has 96 valence electrons. The number of hydrogen-bond donors (Lipinski definition) is 0. The first-order valence-electron chi connectivity index (χ1n) is 6.56. The van der Waals surface area contributed by atoms with Crippen molar-refractivity contribution in [2.45, 2.75) is 31.7 Å². The van der Waals surface area contributed by atoms with Crippen LogP contribution in [0.4, 0.5) is 5.13 Å². The van der Waals surface area contributed by atoms with Crippen molar-refractivity contribution >= 4 is 38.3 Å². The van der Waals surface area contributed by atoms with Gasteiger partial charge < -0.3 is 4.90 Å². The Balaban J connectivity index is 1.84. The van der Waals surface area contributed by atoms with Crippen LogP contribution in [0.3, 0.4) is 0 Å². The summed E-state index contributed by atoms with van der Waals surface area (Å²) in [5, 5.41) is 1.19. The minimum atomic E-state index is 0.643. The van der Waals surface area contributed by atoms with E-state index in [0.717, 1.165) is 24.4 Å². The Bertz CT molecular complexity index is 492. The highest BCUT2D eigenvalue weighted by Gasteiger charge is 2.26. The highest BCUT2D eigenvalue weighted by molar-refractivity contribution is 7.22. The van der Waals surface area contributed by atoms with E-state index >= 15 is 0 Å². The van der Waals surface area contributed by atoms with E-state index in [1.165, 1.54) is 29.1 Å². The molecule has 3 rings (SSSR count). The Hall–Kier alpha value is -0.800. The summed E-state index contributed by atoms with van der Waals surface area (Å²) in [6.45, 7) is 1.15. The van der Waals surface area contributed by atoms with Gasteiger partial charge in [0.2, 0.25) is 0 Å². The van der Waals surface area contributed by atoms with Crippen LogP contribution in [0, 0.1) is 0 Å². The number of aromatic nitrogens is 1. The lowest BCUT2D eigenvalue weighted by molar-refractivity contribution is 0.601. The molecular weight excluding hydrogens is 264 g/mol. The fraction of sp³-hybridized carbons (Fsp3) is 0.500. The SMILES string of the molecule is ClCCCC1CCCN1c1nc2ccccc2s1. The number of anilines is 1. The minimum Gasteiger partial charge on any atom is -0.345 e. The summed E-state index contributed by atoms with van der Waals surface area (Å²) in [6, 6.07) is 9.03.